The van der Waals surface area contributed by atoms with Gasteiger partial charge < -0.3 is 5.11 Å². The van der Waals surface area contributed by atoms with Gasteiger partial charge in [-0.25, -0.2) is 0 Å². The number of rotatable bonds is 4. The van der Waals surface area contributed by atoms with Crippen LogP contribution in [-0.4, -0.2) is 21.7 Å². The van der Waals surface area contributed by atoms with E-state index in [0.717, 1.165) is 6.07 Å². The first kappa shape index (κ1) is 20.5. The average molecular weight is 425 g/mol. The number of aliphatic hydroxyl groups is 1. The highest BCUT2D eigenvalue weighted by Crippen LogP contribution is 2.42. The number of amides is 1. The minimum atomic E-state index is -0.955. The number of nitro benzene ring substituents is 1. The highest BCUT2D eigenvalue weighted by Gasteiger charge is 2.47. The van der Waals surface area contributed by atoms with Gasteiger partial charge in [0.25, 0.3) is 17.4 Å². The van der Waals surface area contributed by atoms with Crippen LogP contribution in [0.25, 0.3) is 5.76 Å². The van der Waals surface area contributed by atoms with Crippen molar-refractivity contribution in [3.63, 3.8) is 0 Å². The Balaban J connectivity index is 1.93. The van der Waals surface area contributed by atoms with Crippen molar-refractivity contribution >= 4 is 28.8 Å². The van der Waals surface area contributed by atoms with Crippen LogP contribution in [0.5, 0.6) is 0 Å². The summed E-state index contributed by atoms with van der Waals surface area (Å²) in [5.41, 5.74) is 0.954. The molecule has 0 saturated carbocycles. The topological polar surface area (TPSA) is 125 Å². The van der Waals surface area contributed by atoms with Crippen LogP contribution in [0.4, 0.5) is 11.4 Å². The molecule has 4 rings (SSSR count). The zero-order valence-corrected chi connectivity index (χ0v) is 16.5. The fourth-order valence-electron chi connectivity index (χ4n) is 3.67. The van der Waals surface area contributed by atoms with Crippen molar-refractivity contribution < 1.29 is 19.6 Å². The van der Waals surface area contributed by atoms with Gasteiger partial charge in [0, 0.05) is 23.4 Å². The molecular weight excluding hydrogens is 410 g/mol. The molecule has 0 spiro atoms. The van der Waals surface area contributed by atoms with E-state index in [1.165, 1.54) is 35.2 Å². The summed E-state index contributed by atoms with van der Waals surface area (Å²) in [6.45, 7) is 0. The molecule has 32 heavy (non-hydrogen) atoms. The van der Waals surface area contributed by atoms with Gasteiger partial charge in [-0.2, -0.15) is 5.26 Å². The molecule has 0 aromatic heterocycles. The third kappa shape index (κ3) is 3.48. The van der Waals surface area contributed by atoms with Crippen LogP contribution in [0.3, 0.4) is 0 Å². The molecule has 156 valence electrons. The summed E-state index contributed by atoms with van der Waals surface area (Å²) in [6.07, 6.45) is 0. The lowest BCUT2D eigenvalue weighted by atomic mass is 9.95. The highest BCUT2D eigenvalue weighted by molar-refractivity contribution is 6.51. The molecule has 1 saturated heterocycles. The fourth-order valence-corrected chi connectivity index (χ4v) is 3.67. The van der Waals surface area contributed by atoms with Gasteiger partial charge in [-0.1, -0.05) is 42.5 Å². The highest BCUT2D eigenvalue weighted by atomic mass is 16.6. The lowest BCUT2D eigenvalue weighted by Gasteiger charge is -2.25. The van der Waals surface area contributed by atoms with Crippen molar-refractivity contribution in [1.82, 2.24) is 0 Å². The Bertz CT molecular complexity index is 1310. The molecule has 1 aliphatic rings. The van der Waals surface area contributed by atoms with E-state index in [2.05, 4.69) is 0 Å². The normalized spacial score (nSPS) is 17.2. The fraction of sp³-hybridized carbons (Fsp3) is 0.0417. The number of Topliss-reactive ketones (excluding diaryl/α,β-unsaturated/α-hetero) is 1. The summed E-state index contributed by atoms with van der Waals surface area (Å²) in [5.74, 6) is -2.26. The molecule has 1 unspecified atom stereocenters. The Morgan fingerprint density at radius 1 is 1.00 bits per heavy atom. The van der Waals surface area contributed by atoms with Gasteiger partial charge in [0.15, 0.2) is 0 Å². The molecule has 3 aromatic carbocycles. The summed E-state index contributed by atoms with van der Waals surface area (Å²) in [4.78, 5) is 37.8. The quantitative estimate of drug-likeness (QED) is 0.221. The van der Waals surface area contributed by atoms with Gasteiger partial charge in [0.1, 0.15) is 5.76 Å². The molecule has 1 aliphatic heterocycles. The molecular formula is C24H15N3O5. The van der Waals surface area contributed by atoms with Crippen molar-refractivity contribution in [3.05, 3.63) is 111 Å². The maximum atomic E-state index is 13.0. The van der Waals surface area contributed by atoms with Crippen LogP contribution in [-0.2, 0) is 9.59 Å². The molecule has 8 heteroatoms. The first-order valence-corrected chi connectivity index (χ1v) is 9.53. The second-order valence-corrected chi connectivity index (χ2v) is 7.05. The summed E-state index contributed by atoms with van der Waals surface area (Å²) in [7, 11) is 0. The van der Waals surface area contributed by atoms with E-state index in [9.17, 15) is 24.8 Å². The zero-order valence-electron chi connectivity index (χ0n) is 16.5. The summed E-state index contributed by atoms with van der Waals surface area (Å²) in [5, 5.41) is 31.2. The number of hydrogen-bond acceptors (Lipinski definition) is 6. The number of hydrogen-bond donors (Lipinski definition) is 1. The van der Waals surface area contributed by atoms with Crippen LogP contribution in [0.2, 0.25) is 0 Å². The third-order valence-corrected chi connectivity index (χ3v) is 5.16. The Hall–Kier alpha value is -4.77. The maximum absolute atomic E-state index is 13.0. The largest absolute Gasteiger partial charge is 0.507 e. The monoisotopic (exact) mass is 425 g/mol. The van der Waals surface area contributed by atoms with Gasteiger partial charge in [-0.15, -0.1) is 0 Å². The molecule has 0 bridgehead atoms. The van der Waals surface area contributed by atoms with Gasteiger partial charge in [0.05, 0.1) is 28.2 Å². The number of anilines is 1. The number of nitro groups is 1. The third-order valence-electron chi connectivity index (χ3n) is 5.16. The molecule has 1 amide bonds. The zero-order chi connectivity index (χ0) is 22.8. The molecule has 0 radical (unpaired) electrons. The number of carbonyl (C=O) groups excluding carboxylic acids is 2. The van der Waals surface area contributed by atoms with Crippen LogP contribution in [0, 0.1) is 21.4 Å². The molecule has 1 fully saturated rings. The standard InChI is InChI=1S/C24H15N3O5/c25-14-15-9-11-18(12-10-15)26-21(16-5-2-1-3-6-16)20(23(29)24(26)30)22(28)17-7-4-8-19(13-17)27(31)32/h1-13,21,28H/b22-20-. The summed E-state index contributed by atoms with van der Waals surface area (Å²) < 4.78 is 0. The number of carbonyl (C=O) groups is 2. The van der Waals surface area contributed by atoms with E-state index in [-0.39, 0.29) is 16.8 Å². The molecule has 8 nitrogen and oxygen atoms in total. The Labute approximate surface area is 182 Å². The number of aliphatic hydroxyl groups excluding tert-OH is 1. The van der Waals surface area contributed by atoms with Crippen LogP contribution in [0.15, 0.2) is 84.4 Å². The van der Waals surface area contributed by atoms with Crippen LogP contribution < -0.4 is 4.90 Å². The summed E-state index contributed by atoms with van der Waals surface area (Å²) >= 11 is 0. The lowest BCUT2D eigenvalue weighted by Crippen LogP contribution is -2.29. The van der Waals surface area contributed by atoms with E-state index in [0.29, 0.717) is 16.8 Å². The number of benzene rings is 3. The van der Waals surface area contributed by atoms with Crippen molar-refractivity contribution in [2.75, 3.05) is 4.90 Å². The number of ketones is 1. The minimum Gasteiger partial charge on any atom is -0.507 e. The molecule has 1 N–H and O–H groups in total. The predicted molar refractivity (Wildman–Crippen MR) is 115 cm³/mol. The first-order chi connectivity index (χ1) is 15.4. The lowest BCUT2D eigenvalue weighted by molar-refractivity contribution is -0.384. The van der Waals surface area contributed by atoms with Gasteiger partial charge in [-0.3, -0.25) is 24.6 Å². The van der Waals surface area contributed by atoms with E-state index in [1.54, 1.807) is 42.5 Å². The number of non-ortho nitro benzene ring substituents is 1. The number of nitrogens with zero attached hydrogens (tertiary/aromatic N) is 3. The second-order valence-electron chi connectivity index (χ2n) is 7.05. The van der Waals surface area contributed by atoms with Crippen molar-refractivity contribution in [1.29, 1.82) is 5.26 Å². The van der Waals surface area contributed by atoms with E-state index < -0.39 is 28.4 Å². The molecule has 1 atom stereocenters. The van der Waals surface area contributed by atoms with Crippen molar-refractivity contribution in [2.24, 2.45) is 0 Å². The Kier molecular flexibility index (Phi) is 5.23. The van der Waals surface area contributed by atoms with Crippen LogP contribution in [0.1, 0.15) is 22.7 Å². The van der Waals surface area contributed by atoms with Crippen LogP contribution >= 0.6 is 0 Å². The van der Waals surface area contributed by atoms with Gasteiger partial charge >= 0.3 is 0 Å². The van der Waals surface area contributed by atoms with E-state index in [1.807, 2.05) is 6.07 Å². The Morgan fingerprint density at radius 3 is 2.31 bits per heavy atom. The Morgan fingerprint density at radius 2 is 1.69 bits per heavy atom. The average Bonchev–Trinajstić information content (AvgIpc) is 3.09. The van der Waals surface area contributed by atoms with Gasteiger partial charge in [0.2, 0.25) is 0 Å². The van der Waals surface area contributed by atoms with Gasteiger partial charge in [-0.05, 0) is 29.8 Å². The predicted octanol–water partition coefficient (Wildman–Crippen LogP) is 4.09. The molecule has 1 heterocycles. The second kappa shape index (κ2) is 8.16. The first-order valence-electron chi connectivity index (χ1n) is 9.53. The maximum Gasteiger partial charge on any atom is 0.300 e. The minimum absolute atomic E-state index is 0.0537. The number of nitriles is 1. The van der Waals surface area contributed by atoms with E-state index in [4.69, 9.17) is 5.26 Å². The molecule has 3 aromatic rings. The van der Waals surface area contributed by atoms with Crippen molar-refractivity contribution in [2.45, 2.75) is 6.04 Å². The van der Waals surface area contributed by atoms with E-state index >= 15 is 0 Å². The summed E-state index contributed by atoms with van der Waals surface area (Å²) in [6, 6.07) is 21.1. The molecule has 0 aliphatic carbocycles. The smallest absolute Gasteiger partial charge is 0.300 e. The van der Waals surface area contributed by atoms with Crippen molar-refractivity contribution in [3.8, 4) is 6.07 Å². The SMILES string of the molecule is N#Cc1ccc(N2C(=O)C(=O)/C(=C(\O)c3cccc([N+](=O)[O-])c3)C2c2ccccc2)cc1.